The summed E-state index contributed by atoms with van der Waals surface area (Å²) < 4.78 is 0. The summed E-state index contributed by atoms with van der Waals surface area (Å²) in [6.07, 6.45) is 2.15. The number of anilines is 1. The maximum Gasteiger partial charge on any atom is 0.255 e. The Hall–Kier alpha value is -3.18. The first-order valence-electron chi connectivity index (χ1n) is 9.80. The maximum atomic E-state index is 13.3. The first-order valence-corrected chi connectivity index (χ1v) is 10.2. The van der Waals surface area contributed by atoms with Crippen LogP contribution in [0.15, 0.2) is 71.9 Å². The zero-order chi connectivity index (χ0) is 20.0. The number of allylic oxidation sites excluding steroid dienone is 1. The lowest BCUT2D eigenvalue weighted by Gasteiger charge is -2.31. The molecule has 0 spiro atoms. The predicted molar refractivity (Wildman–Crippen MR) is 121 cm³/mol. The topological polar surface area (TPSA) is 53.2 Å². The van der Waals surface area contributed by atoms with Crippen molar-refractivity contribution in [3.05, 3.63) is 88.6 Å². The van der Waals surface area contributed by atoms with Crippen LogP contribution in [-0.2, 0) is 17.6 Å². The number of carbonyl (C=O) groups is 1. The molecule has 1 aliphatic heterocycles. The molecule has 0 saturated carbocycles. The van der Waals surface area contributed by atoms with Gasteiger partial charge in [-0.2, -0.15) is 0 Å². The molecule has 3 aromatic rings. The average Bonchev–Trinajstić information content (AvgIpc) is 3.13. The highest BCUT2D eigenvalue weighted by Crippen LogP contribution is 2.38. The number of hydrogen-bond acceptors (Lipinski definition) is 2. The Kier molecular flexibility index (Phi) is 4.32. The smallest absolute Gasteiger partial charge is 0.255 e. The third-order valence-electron chi connectivity index (χ3n) is 5.77. The first-order chi connectivity index (χ1) is 14.1. The molecule has 5 heteroatoms. The Morgan fingerprint density at radius 1 is 1.00 bits per heavy atom. The fourth-order valence-electron chi connectivity index (χ4n) is 4.47. The van der Waals surface area contributed by atoms with E-state index in [1.54, 1.807) is 0 Å². The number of amides is 1. The Morgan fingerprint density at radius 2 is 1.76 bits per heavy atom. The molecule has 0 bridgehead atoms. The van der Waals surface area contributed by atoms with E-state index in [2.05, 4.69) is 46.3 Å². The second-order valence-electron chi connectivity index (χ2n) is 7.54. The van der Waals surface area contributed by atoms with Crippen LogP contribution in [0.5, 0.6) is 0 Å². The SMILES string of the molecule is CC1=C(C(=O)Nc2ccccc2)[C@H](c2ccc3c4c(cccc24)CC3)NC(=S)N1. The summed E-state index contributed by atoms with van der Waals surface area (Å²) in [7, 11) is 0. The van der Waals surface area contributed by atoms with E-state index in [0.717, 1.165) is 29.8 Å². The zero-order valence-corrected chi connectivity index (χ0v) is 16.9. The molecule has 0 saturated heterocycles. The molecular weight excluding hydrogens is 378 g/mol. The molecule has 1 aliphatic carbocycles. The molecule has 0 radical (unpaired) electrons. The van der Waals surface area contributed by atoms with Crippen molar-refractivity contribution in [2.45, 2.75) is 25.8 Å². The number of rotatable bonds is 3. The van der Waals surface area contributed by atoms with E-state index in [-0.39, 0.29) is 11.9 Å². The van der Waals surface area contributed by atoms with Crippen LogP contribution < -0.4 is 16.0 Å². The van der Waals surface area contributed by atoms with Crippen LogP contribution in [-0.4, -0.2) is 11.0 Å². The number of carbonyl (C=O) groups excluding carboxylic acids is 1. The number of aryl methyl sites for hydroxylation is 2. The largest absolute Gasteiger partial charge is 0.351 e. The van der Waals surface area contributed by atoms with Gasteiger partial charge >= 0.3 is 0 Å². The Balaban J connectivity index is 1.62. The van der Waals surface area contributed by atoms with E-state index >= 15 is 0 Å². The molecule has 144 valence electrons. The lowest BCUT2D eigenvalue weighted by molar-refractivity contribution is -0.113. The van der Waals surface area contributed by atoms with Gasteiger partial charge in [0.2, 0.25) is 0 Å². The van der Waals surface area contributed by atoms with Crippen LogP contribution >= 0.6 is 12.2 Å². The molecule has 3 N–H and O–H groups in total. The van der Waals surface area contributed by atoms with Gasteiger partial charge in [0.1, 0.15) is 0 Å². The van der Waals surface area contributed by atoms with Crippen molar-refractivity contribution in [2.75, 3.05) is 5.32 Å². The van der Waals surface area contributed by atoms with Crippen LogP contribution in [0.1, 0.15) is 29.7 Å². The van der Waals surface area contributed by atoms with Crippen molar-refractivity contribution >= 4 is 39.7 Å². The molecule has 0 unspecified atom stereocenters. The normalized spacial score (nSPS) is 17.8. The first kappa shape index (κ1) is 17.9. The van der Waals surface area contributed by atoms with Gasteiger partial charge < -0.3 is 16.0 Å². The van der Waals surface area contributed by atoms with Gasteiger partial charge in [0.05, 0.1) is 11.6 Å². The summed E-state index contributed by atoms with van der Waals surface area (Å²) in [4.78, 5) is 13.3. The summed E-state index contributed by atoms with van der Waals surface area (Å²) in [6, 6.07) is 20.0. The number of hydrogen-bond donors (Lipinski definition) is 3. The highest BCUT2D eigenvalue weighted by atomic mass is 32.1. The van der Waals surface area contributed by atoms with E-state index in [0.29, 0.717) is 10.7 Å². The number of benzene rings is 3. The van der Waals surface area contributed by atoms with Crippen LogP contribution in [0.2, 0.25) is 0 Å². The second kappa shape index (κ2) is 7.01. The summed E-state index contributed by atoms with van der Waals surface area (Å²) in [5.41, 5.74) is 6.04. The lowest BCUT2D eigenvalue weighted by atomic mass is 9.89. The van der Waals surface area contributed by atoms with Gasteiger partial charge in [-0.1, -0.05) is 48.5 Å². The van der Waals surface area contributed by atoms with E-state index < -0.39 is 0 Å². The highest BCUT2D eigenvalue weighted by Gasteiger charge is 2.31. The average molecular weight is 400 g/mol. The molecule has 29 heavy (non-hydrogen) atoms. The molecule has 4 nitrogen and oxygen atoms in total. The molecule has 1 amide bonds. The maximum absolute atomic E-state index is 13.3. The molecule has 1 atom stereocenters. The van der Waals surface area contributed by atoms with Gasteiger partial charge in [0.15, 0.2) is 5.11 Å². The van der Waals surface area contributed by atoms with Gasteiger partial charge in [-0.05, 0) is 71.6 Å². The van der Waals surface area contributed by atoms with Crippen LogP contribution in [0.25, 0.3) is 10.8 Å². The fraction of sp³-hybridized carbons (Fsp3) is 0.167. The molecule has 2 aliphatic rings. The van der Waals surface area contributed by atoms with Gasteiger partial charge in [0.25, 0.3) is 5.91 Å². The summed E-state index contributed by atoms with van der Waals surface area (Å²) in [6.45, 7) is 1.90. The summed E-state index contributed by atoms with van der Waals surface area (Å²) >= 11 is 5.43. The minimum absolute atomic E-state index is 0.135. The van der Waals surface area contributed by atoms with Crippen molar-refractivity contribution in [2.24, 2.45) is 0 Å². The monoisotopic (exact) mass is 399 g/mol. The molecule has 5 rings (SSSR count). The summed E-state index contributed by atoms with van der Waals surface area (Å²) in [5.74, 6) is -0.135. The van der Waals surface area contributed by atoms with Crippen molar-refractivity contribution in [1.82, 2.24) is 10.6 Å². The Labute approximate surface area is 175 Å². The van der Waals surface area contributed by atoms with Crippen molar-refractivity contribution in [1.29, 1.82) is 0 Å². The van der Waals surface area contributed by atoms with Crippen LogP contribution in [0.4, 0.5) is 5.69 Å². The number of para-hydroxylation sites is 1. The van der Waals surface area contributed by atoms with Crippen LogP contribution in [0.3, 0.4) is 0 Å². The molecule has 0 fully saturated rings. The van der Waals surface area contributed by atoms with Crippen molar-refractivity contribution < 1.29 is 4.79 Å². The zero-order valence-electron chi connectivity index (χ0n) is 16.1. The van der Waals surface area contributed by atoms with Crippen molar-refractivity contribution in [3.8, 4) is 0 Å². The second-order valence-corrected chi connectivity index (χ2v) is 7.95. The van der Waals surface area contributed by atoms with Gasteiger partial charge in [-0.3, -0.25) is 4.79 Å². The number of nitrogens with one attached hydrogen (secondary N) is 3. The van der Waals surface area contributed by atoms with Crippen molar-refractivity contribution in [3.63, 3.8) is 0 Å². The third kappa shape index (κ3) is 3.08. The van der Waals surface area contributed by atoms with Gasteiger partial charge in [0, 0.05) is 11.4 Å². The molecule has 3 aromatic carbocycles. The standard InChI is InChI=1S/C24H21N3OS/c1-14-20(23(28)26-17-7-3-2-4-8-17)22(27-24(29)25-14)19-13-12-16-11-10-15-6-5-9-18(19)21(15)16/h2-9,12-13,22H,10-11H2,1H3,(H,26,28)(H2,25,27,29)/t22-/m0/s1. The molecular formula is C24H21N3OS. The number of thiocarbonyl (C=S) groups is 1. The lowest BCUT2D eigenvalue weighted by Crippen LogP contribution is -2.45. The summed E-state index contributed by atoms with van der Waals surface area (Å²) in [5, 5.41) is 12.5. The molecule has 1 heterocycles. The molecule has 0 aromatic heterocycles. The van der Waals surface area contributed by atoms with E-state index in [4.69, 9.17) is 12.2 Å². The van der Waals surface area contributed by atoms with E-state index in [9.17, 15) is 4.79 Å². The third-order valence-corrected chi connectivity index (χ3v) is 5.99. The predicted octanol–water partition coefficient (Wildman–Crippen LogP) is 4.37. The Bertz CT molecular complexity index is 1170. The fourth-order valence-corrected chi connectivity index (χ4v) is 4.74. The van der Waals surface area contributed by atoms with Gasteiger partial charge in [-0.25, -0.2) is 0 Å². The highest BCUT2D eigenvalue weighted by molar-refractivity contribution is 7.80. The minimum atomic E-state index is -0.308. The minimum Gasteiger partial charge on any atom is -0.351 e. The van der Waals surface area contributed by atoms with E-state index in [1.807, 2.05) is 37.3 Å². The van der Waals surface area contributed by atoms with Crippen LogP contribution in [0, 0.1) is 0 Å². The Morgan fingerprint density at radius 3 is 2.55 bits per heavy atom. The quantitative estimate of drug-likeness (QED) is 0.573. The van der Waals surface area contributed by atoms with E-state index in [1.165, 1.54) is 21.9 Å². The van der Waals surface area contributed by atoms with Gasteiger partial charge in [-0.15, -0.1) is 0 Å².